The molecule has 0 amide bonds. The molecule has 0 radical (unpaired) electrons. The number of benzene rings is 1. The summed E-state index contributed by atoms with van der Waals surface area (Å²) in [5.41, 5.74) is 7.61. The zero-order chi connectivity index (χ0) is 13.0. The minimum Gasteiger partial charge on any atom is -0.472 e. The smallest absolute Gasteiger partial charge is 0.236 e. The lowest BCUT2D eigenvalue weighted by Crippen LogP contribution is -2.03. The monoisotopic (exact) mass is 265 g/mol. The van der Waals surface area contributed by atoms with Gasteiger partial charge in [-0.3, -0.25) is 0 Å². The van der Waals surface area contributed by atoms with Crippen LogP contribution >= 0.6 is 11.8 Å². The predicted molar refractivity (Wildman–Crippen MR) is 71.0 cm³/mol. The molecule has 0 fully saturated rings. The van der Waals surface area contributed by atoms with Crippen molar-refractivity contribution in [3.8, 4) is 5.88 Å². The van der Waals surface area contributed by atoms with Crippen molar-refractivity contribution >= 4 is 17.4 Å². The highest BCUT2D eigenvalue weighted by atomic mass is 32.2. The van der Waals surface area contributed by atoms with E-state index in [0.717, 1.165) is 16.2 Å². The summed E-state index contributed by atoms with van der Waals surface area (Å²) in [6.07, 6.45) is 1.41. The average Bonchev–Trinajstić information content (AvgIpc) is 2.75. The van der Waals surface area contributed by atoms with Gasteiger partial charge >= 0.3 is 0 Å². The van der Waals surface area contributed by atoms with Crippen molar-refractivity contribution in [3.05, 3.63) is 36.0 Å². The molecule has 6 heteroatoms. The van der Waals surface area contributed by atoms with E-state index in [9.17, 15) is 0 Å². The lowest BCUT2D eigenvalue weighted by molar-refractivity contribution is 0.141. The van der Waals surface area contributed by atoms with E-state index >= 15 is 0 Å². The maximum absolute atomic E-state index is 9.04. The number of rotatable bonds is 5. The number of nitrogen functional groups attached to an aromatic ring is 1. The first-order valence-electron chi connectivity index (χ1n) is 5.58. The van der Waals surface area contributed by atoms with Gasteiger partial charge in [-0.2, -0.15) is 0 Å². The second-order valence-electron chi connectivity index (χ2n) is 3.62. The number of nitrogens with two attached hydrogens (primary N) is 1. The van der Waals surface area contributed by atoms with Gasteiger partial charge in [0.05, 0.1) is 6.20 Å². The third kappa shape index (κ3) is 2.89. The number of anilines is 1. The average molecular weight is 265 g/mol. The summed E-state index contributed by atoms with van der Waals surface area (Å²) in [6.45, 7) is 2.43. The Morgan fingerprint density at radius 1 is 1.44 bits per heavy atom. The Balaban J connectivity index is 2.12. The molecule has 0 bridgehead atoms. The maximum atomic E-state index is 9.04. The van der Waals surface area contributed by atoms with E-state index in [1.54, 1.807) is 17.8 Å². The van der Waals surface area contributed by atoms with Crippen LogP contribution in [0.25, 0.3) is 0 Å². The summed E-state index contributed by atoms with van der Waals surface area (Å²) >= 11 is 1.72. The highest BCUT2D eigenvalue weighted by molar-refractivity contribution is 7.99. The molecular weight excluding hydrogens is 250 g/mol. The Morgan fingerprint density at radius 2 is 2.28 bits per heavy atom. The molecule has 0 saturated heterocycles. The molecule has 0 atom stereocenters. The normalized spacial score (nSPS) is 10.5. The first-order chi connectivity index (χ1) is 8.70. The van der Waals surface area contributed by atoms with E-state index < -0.39 is 0 Å². The molecule has 96 valence electrons. The number of hydrogen-bond acceptors (Lipinski definition) is 5. The fourth-order valence-electron chi connectivity index (χ4n) is 1.55. The third-order valence-corrected chi connectivity index (χ3v) is 3.37. The highest BCUT2D eigenvalue weighted by Crippen LogP contribution is 2.27. The first-order valence-corrected chi connectivity index (χ1v) is 6.57. The van der Waals surface area contributed by atoms with Crippen LogP contribution in [0.5, 0.6) is 5.88 Å². The largest absolute Gasteiger partial charge is 0.472 e. The van der Waals surface area contributed by atoms with Gasteiger partial charge < -0.3 is 15.7 Å². The Kier molecular flexibility index (Phi) is 3.99. The summed E-state index contributed by atoms with van der Waals surface area (Å²) in [6, 6.07) is 7.39. The molecule has 5 nitrogen and oxygen atoms in total. The van der Waals surface area contributed by atoms with E-state index in [-0.39, 0.29) is 0 Å². The van der Waals surface area contributed by atoms with Crippen LogP contribution in [0.1, 0.15) is 12.5 Å². The summed E-state index contributed by atoms with van der Waals surface area (Å²) in [7, 11) is 0. The lowest BCUT2D eigenvalue weighted by Gasteiger charge is -2.11. The number of hydrogen-bond donors (Lipinski definition) is 2. The predicted octanol–water partition coefficient (Wildman–Crippen LogP) is 2.39. The Labute approximate surface area is 110 Å². The molecule has 2 rings (SSSR count). The number of nitrogens with zero attached hydrogens (tertiary/aromatic N) is 2. The fourth-order valence-corrected chi connectivity index (χ4v) is 2.39. The zero-order valence-corrected chi connectivity index (χ0v) is 10.9. The van der Waals surface area contributed by atoms with Gasteiger partial charge in [0.1, 0.15) is 6.61 Å². The molecule has 0 aliphatic heterocycles. The standard InChI is InChI=1S/C12H15N3O2S/c1-2-18-11-5-3-4-10(13)9(11)8-17-12-6-7-15(16)14-12/h3-7,16H,2,8,13H2,1H3. The van der Waals surface area contributed by atoms with Crippen molar-refractivity contribution in [2.45, 2.75) is 18.4 Å². The van der Waals surface area contributed by atoms with E-state index in [1.807, 2.05) is 18.2 Å². The summed E-state index contributed by atoms with van der Waals surface area (Å²) < 4.78 is 5.50. The quantitative estimate of drug-likeness (QED) is 0.493. The zero-order valence-electron chi connectivity index (χ0n) is 10.0. The van der Waals surface area contributed by atoms with Crippen LogP contribution in [0.2, 0.25) is 0 Å². The molecular formula is C12H15N3O2S. The molecule has 0 unspecified atom stereocenters. The van der Waals surface area contributed by atoms with Gasteiger partial charge in [0.15, 0.2) is 0 Å². The topological polar surface area (TPSA) is 73.3 Å². The van der Waals surface area contributed by atoms with Crippen LogP contribution in [0.3, 0.4) is 0 Å². The third-order valence-electron chi connectivity index (χ3n) is 2.38. The molecule has 1 heterocycles. The van der Waals surface area contributed by atoms with E-state index in [2.05, 4.69) is 12.0 Å². The number of ether oxygens (including phenoxy) is 1. The fraction of sp³-hybridized carbons (Fsp3) is 0.250. The van der Waals surface area contributed by atoms with Gasteiger partial charge in [-0.25, -0.2) is 0 Å². The molecule has 3 N–H and O–H groups in total. The van der Waals surface area contributed by atoms with Crippen LogP contribution in [0.15, 0.2) is 35.4 Å². The molecule has 0 aliphatic rings. The van der Waals surface area contributed by atoms with Crippen molar-refractivity contribution in [1.29, 1.82) is 0 Å². The van der Waals surface area contributed by atoms with Crippen molar-refractivity contribution in [3.63, 3.8) is 0 Å². The Hall–Kier alpha value is -1.82. The highest BCUT2D eigenvalue weighted by Gasteiger charge is 2.08. The minimum atomic E-state index is 0.339. The molecule has 1 aromatic heterocycles. The number of aromatic nitrogens is 2. The van der Waals surface area contributed by atoms with Crippen LogP contribution in [0.4, 0.5) is 5.69 Å². The van der Waals surface area contributed by atoms with Gasteiger partial charge in [0, 0.05) is 22.2 Å². The van der Waals surface area contributed by atoms with Crippen molar-refractivity contribution in [2.75, 3.05) is 11.5 Å². The summed E-state index contributed by atoms with van der Waals surface area (Å²) in [4.78, 5) is 1.83. The van der Waals surface area contributed by atoms with Crippen molar-refractivity contribution in [1.82, 2.24) is 9.94 Å². The van der Waals surface area contributed by atoms with Gasteiger partial charge in [0.2, 0.25) is 5.88 Å². The maximum Gasteiger partial charge on any atom is 0.236 e. The van der Waals surface area contributed by atoms with Gasteiger partial charge in [0.25, 0.3) is 0 Å². The van der Waals surface area contributed by atoms with Gasteiger partial charge in [-0.05, 0) is 17.9 Å². The Morgan fingerprint density at radius 3 is 2.94 bits per heavy atom. The van der Waals surface area contributed by atoms with Crippen LogP contribution in [-0.2, 0) is 6.61 Å². The molecule has 0 saturated carbocycles. The second kappa shape index (κ2) is 5.68. The van der Waals surface area contributed by atoms with E-state index in [1.165, 1.54) is 6.20 Å². The molecule has 2 aromatic rings. The molecule has 0 aliphatic carbocycles. The summed E-state index contributed by atoms with van der Waals surface area (Å²) in [5.74, 6) is 1.34. The van der Waals surface area contributed by atoms with Crippen molar-refractivity contribution in [2.24, 2.45) is 0 Å². The van der Waals surface area contributed by atoms with E-state index in [4.69, 9.17) is 15.7 Å². The van der Waals surface area contributed by atoms with Gasteiger partial charge in [-0.15, -0.1) is 16.6 Å². The molecule has 1 aromatic carbocycles. The molecule has 18 heavy (non-hydrogen) atoms. The second-order valence-corrected chi connectivity index (χ2v) is 4.93. The minimum absolute atomic E-state index is 0.339. The SMILES string of the molecule is CCSc1cccc(N)c1COc1ccn(O)n1. The van der Waals surface area contributed by atoms with Crippen LogP contribution < -0.4 is 10.5 Å². The van der Waals surface area contributed by atoms with Gasteiger partial charge in [-0.1, -0.05) is 18.1 Å². The van der Waals surface area contributed by atoms with Crippen molar-refractivity contribution < 1.29 is 9.94 Å². The summed E-state index contributed by atoms with van der Waals surface area (Å²) in [5, 5.41) is 12.8. The van der Waals surface area contributed by atoms with E-state index in [0.29, 0.717) is 23.0 Å². The number of thioether (sulfide) groups is 1. The van der Waals surface area contributed by atoms with Crippen LogP contribution in [-0.4, -0.2) is 20.9 Å². The lowest BCUT2D eigenvalue weighted by atomic mass is 10.2. The van der Waals surface area contributed by atoms with Crippen LogP contribution in [0, 0.1) is 0 Å². The first kappa shape index (κ1) is 12.6. The Bertz CT molecular complexity index is 528. The molecule has 0 spiro atoms.